The fourth-order valence-corrected chi connectivity index (χ4v) is 2.20. The van der Waals surface area contributed by atoms with E-state index in [-0.39, 0.29) is 5.75 Å². The number of benzene rings is 1. The van der Waals surface area contributed by atoms with Crippen LogP contribution in [0, 0.1) is 0 Å². The van der Waals surface area contributed by atoms with E-state index in [4.69, 9.17) is 5.11 Å². The second-order valence-corrected chi connectivity index (χ2v) is 6.07. The van der Waals surface area contributed by atoms with E-state index in [0.29, 0.717) is 5.70 Å². The Kier molecular flexibility index (Phi) is 10.1. The Morgan fingerprint density at radius 3 is 2.30 bits per heavy atom. The van der Waals surface area contributed by atoms with Gasteiger partial charge >= 0.3 is 0 Å². The highest BCUT2D eigenvalue weighted by Gasteiger charge is 2.23. The number of allylic oxidation sites excluding steroid dienone is 6. The molecule has 6 heteroatoms. The number of methoxy groups -OCH3 is 1. The highest BCUT2D eigenvalue weighted by atomic mass is 19.3. The molecule has 3 rings (SSSR count). The molecule has 0 fully saturated rings. The van der Waals surface area contributed by atoms with Gasteiger partial charge in [-0.25, -0.2) is 14.2 Å². The molecular weight excluding hydrogens is 350 g/mol. The summed E-state index contributed by atoms with van der Waals surface area (Å²) < 4.78 is 28.9. The van der Waals surface area contributed by atoms with Crippen LogP contribution in [0.1, 0.15) is 25.8 Å². The lowest BCUT2D eigenvalue weighted by Gasteiger charge is -2.06. The van der Waals surface area contributed by atoms with Crippen LogP contribution in [-0.4, -0.2) is 31.8 Å². The van der Waals surface area contributed by atoms with Crippen LogP contribution in [0.4, 0.5) is 8.78 Å². The summed E-state index contributed by atoms with van der Waals surface area (Å²) in [5.74, 6) is 0.149. The van der Waals surface area contributed by atoms with Gasteiger partial charge in [0.15, 0.2) is 0 Å². The number of aromatic hydroxyl groups is 1. The molecule has 1 heterocycles. The fourth-order valence-electron chi connectivity index (χ4n) is 2.20. The average Bonchev–Trinajstić information content (AvgIpc) is 3.06. The predicted octanol–water partition coefficient (Wildman–Crippen LogP) is 4.58. The van der Waals surface area contributed by atoms with Gasteiger partial charge in [0.05, 0.1) is 5.70 Å². The van der Waals surface area contributed by atoms with Crippen LogP contribution >= 0.6 is 0 Å². The third-order valence-electron chi connectivity index (χ3n) is 3.83. The van der Waals surface area contributed by atoms with E-state index in [0.717, 1.165) is 12.0 Å². The van der Waals surface area contributed by atoms with Crippen LogP contribution in [0.15, 0.2) is 65.8 Å². The molecule has 1 aliphatic heterocycles. The zero-order valence-corrected chi connectivity index (χ0v) is 16.2. The quantitative estimate of drug-likeness (QED) is 0.705. The number of hydrogen-bond donors (Lipinski definition) is 3. The van der Waals surface area contributed by atoms with Gasteiger partial charge in [-0.1, -0.05) is 29.9 Å². The predicted molar refractivity (Wildman–Crippen MR) is 106 cm³/mol. The topological polar surface area (TPSA) is 53.5 Å². The van der Waals surface area contributed by atoms with Gasteiger partial charge in [0.25, 0.3) is 6.43 Å². The second-order valence-electron chi connectivity index (χ2n) is 6.07. The molecule has 2 aliphatic rings. The monoisotopic (exact) mass is 378 g/mol. The third kappa shape index (κ3) is 8.19. The molecule has 0 saturated carbocycles. The number of ether oxygens (including phenoxy) is 1. The lowest BCUT2D eigenvalue weighted by atomic mass is 10.1. The van der Waals surface area contributed by atoms with Crippen molar-refractivity contribution in [3.05, 3.63) is 71.4 Å². The lowest BCUT2D eigenvalue weighted by Crippen LogP contribution is -2.36. The number of halogens is 2. The number of rotatable bonds is 2. The van der Waals surface area contributed by atoms with Crippen molar-refractivity contribution in [1.29, 1.82) is 0 Å². The molecule has 27 heavy (non-hydrogen) atoms. The maximum atomic E-state index is 12.3. The number of alkyl halides is 2. The first-order chi connectivity index (χ1) is 12.9. The van der Waals surface area contributed by atoms with Crippen molar-refractivity contribution in [3.8, 4) is 5.75 Å². The van der Waals surface area contributed by atoms with Crippen molar-refractivity contribution in [2.24, 2.45) is 0 Å². The Labute approximate surface area is 159 Å². The molecule has 0 radical (unpaired) electrons. The molecule has 1 unspecified atom stereocenters. The third-order valence-corrected chi connectivity index (χ3v) is 3.83. The van der Waals surface area contributed by atoms with Crippen molar-refractivity contribution < 1.29 is 18.6 Å². The molecule has 1 atom stereocenters. The van der Waals surface area contributed by atoms with Gasteiger partial charge in [-0.3, -0.25) is 0 Å². The summed E-state index contributed by atoms with van der Waals surface area (Å²) in [7, 11) is 3.25. The van der Waals surface area contributed by atoms with E-state index < -0.39 is 12.5 Å². The van der Waals surface area contributed by atoms with E-state index in [9.17, 15) is 8.78 Å². The van der Waals surface area contributed by atoms with Gasteiger partial charge in [0, 0.05) is 14.2 Å². The fraction of sp³-hybridized carbons (Fsp3) is 0.333. The zero-order valence-electron chi connectivity index (χ0n) is 16.2. The molecule has 1 aromatic carbocycles. The van der Waals surface area contributed by atoms with Crippen LogP contribution in [0.5, 0.6) is 5.75 Å². The van der Waals surface area contributed by atoms with E-state index in [2.05, 4.69) is 53.7 Å². The Morgan fingerprint density at radius 1 is 1.11 bits per heavy atom. The molecule has 0 amide bonds. The number of phenols is 1. The molecule has 1 aromatic rings. The van der Waals surface area contributed by atoms with Crippen molar-refractivity contribution in [3.63, 3.8) is 0 Å². The number of hydrazine groups is 1. The summed E-state index contributed by atoms with van der Waals surface area (Å²) >= 11 is 0. The first-order valence-electron chi connectivity index (χ1n) is 8.60. The number of hydrogen-bond acceptors (Lipinski definition) is 4. The van der Waals surface area contributed by atoms with Gasteiger partial charge in [-0.05, 0) is 61.7 Å². The van der Waals surface area contributed by atoms with Crippen LogP contribution in [0.3, 0.4) is 0 Å². The van der Waals surface area contributed by atoms with Gasteiger partial charge in [0.1, 0.15) is 11.8 Å². The lowest BCUT2D eigenvalue weighted by molar-refractivity contribution is 0.118. The summed E-state index contributed by atoms with van der Waals surface area (Å²) in [6.07, 6.45) is 8.75. The highest BCUT2D eigenvalue weighted by Crippen LogP contribution is 2.20. The van der Waals surface area contributed by atoms with Gasteiger partial charge in [0.2, 0.25) is 0 Å². The summed E-state index contributed by atoms with van der Waals surface area (Å²) in [5, 5.41) is 9.06. The molecule has 0 aromatic heterocycles. The molecule has 1 aliphatic carbocycles. The molecule has 3 N–H and O–H groups in total. The largest absolute Gasteiger partial charge is 0.508 e. The normalized spacial score (nSPS) is 18.0. The molecular formula is C21H28F2N2O2. The summed E-state index contributed by atoms with van der Waals surface area (Å²) in [6.45, 7) is 4.29. The maximum Gasteiger partial charge on any atom is 0.259 e. The second kappa shape index (κ2) is 12.0. The maximum absolute atomic E-state index is 12.3. The average molecular weight is 378 g/mol. The van der Waals surface area contributed by atoms with E-state index >= 15 is 0 Å². The molecule has 0 saturated heterocycles. The molecule has 0 bridgehead atoms. The Balaban J connectivity index is 0.000000259. The van der Waals surface area contributed by atoms with Gasteiger partial charge in [-0.15, -0.1) is 0 Å². The summed E-state index contributed by atoms with van der Waals surface area (Å²) in [6, 6.07) is 5.36. The minimum Gasteiger partial charge on any atom is -0.508 e. The summed E-state index contributed by atoms with van der Waals surface area (Å²) in [4.78, 5) is 0. The highest BCUT2D eigenvalue weighted by molar-refractivity contribution is 5.66. The SMILES string of the molecule is CC1=CC=CCC=C1C.COC.Oc1ccc(C2=CC(C(F)F)NN2)cc1. The van der Waals surface area contributed by atoms with Crippen molar-refractivity contribution in [1.82, 2.24) is 10.9 Å². The zero-order chi connectivity index (χ0) is 20.2. The van der Waals surface area contributed by atoms with Gasteiger partial charge < -0.3 is 15.3 Å². The molecule has 148 valence electrons. The first kappa shape index (κ1) is 22.6. The van der Waals surface area contributed by atoms with E-state index in [1.54, 1.807) is 26.4 Å². The van der Waals surface area contributed by atoms with Crippen molar-refractivity contribution in [2.45, 2.75) is 32.7 Å². The van der Waals surface area contributed by atoms with E-state index in [1.165, 1.54) is 29.4 Å². The van der Waals surface area contributed by atoms with Crippen molar-refractivity contribution in [2.75, 3.05) is 14.2 Å². The minimum atomic E-state index is -2.44. The Bertz CT molecular complexity index is 693. The molecule has 4 nitrogen and oxygen atoms in total. The minimum absolute atomic E-state index is 0.149. The smallest absolute Gasteiger partial charge is 0.259 e. The first-order valence-corrected chi connectivity index (χ1v) is 8.60. The summed E-state index contributed by atoms with van der Waals surface area (Å²) in [5.41, 5.74) is 9.27. The number of nitrogens with one attached hydrogen (secondary N) is 2. The van der Waals surface area contributed by atoms with Crippen LogP contribution in [0.2, 0.25) is 0 Å². The van der Waals surface area contributed by atoms with E-state index in [1.807, 2.05) is 0 Å². The Hall–Kier alpha value is -2.44. The van der Waals surface area contributed by atoms with Crippen LogP contribution in [-0.2, 0) is 4.74 Å². The van der Waals surface area contributed by atoms with Crippen LogP contribution in [0.25, 0.3) is 5.70 Å². The van der Waals surface area contributed by atoms with Gasteiger partial charge in [-0.2, -0.15) is 0 Å². The van der Waals surface area contributed by atoms with Crippen molar-refractivity contribution >= 4 is 5.70 Å². The number of phenolic OH excluding ortho intramolecular Hbond substituents is 1. The standard InChI is InChI=1S/C10H10F2N2O.C9H12.C2H6O/c11-10(12)9-5-8(13-14-9)6-1-3-7(15)4-2-6;1-8-6-4-3-5-7-9(8)2;1-3-2/h1-5,9-10,13-15H;3-4,6-7H,5H2,1-2H3;1-2H3. The Morgan fingerprint density at radius 2 is 1.74 bits per heavy atom. The molecule has 0 spiro atoms. The van der Waals surface area contributed by atoms with Crippen LogP contribution < -0.4 is 10.9 Å².